The molecule has 0 aliphatic carbocycles. The molecule has 1 aromatic rings. The van der Waals surface area contributed by atoms with Crippen LogP contribution in [0.5, 0.6) is 11.5 Å². The number of nitrogens with two attached hydrogens (primary N) is 1. The van der Waals surface area contributed by atoms with E-state index in [0.717, 1.165) is 12.0 Å². The van der Waals surface area contributed by atoms with Crippen LogP contribution in [0.3, 0.4) is 0 Å². The highest BCUT2D eigenvalue weighted by Crippen LogP contribution is 2.30. The molecule has 0 fully saturated rings. The monoisotopic (exact) mass is 294 g/mol. The van der Waals surface area contributed by atoms with Gasteiger partial charge in [-0.15, -0.1) is 0 Å². The predicted octanol–water partition coefficient (Wildman–Crippen LogP) is 2.12. The number of nitrogens with one attached hydrogen (secondary N) is 1. The van der Waals surface area contributed by atoms with Crippen LogP contribution in [0.2, 0.25) is 0 Å². The van der Waals surface area contributed by atoms with Crippen molar-refractivity contribution in [1.29, 1.82) is 0 Å². The number of methoxy groups -OCH3 is 2. The van der Waals surface area contributed by atoms with Gasteiger partial charge in [-0.1, -0.05) is 13.8 Å². The van der Waals surface area contributed by atoms with Crippen LogP contribution in [-0.2, 0) is 0 Å². The van der Waals surface area contributed by atoms with Gasteiger partial charge in [0.05, 0.1) is 14.2 Å². The van der Waals surface area contributed by atoms with E-state index in [1.165, 1.54) is 0 Å². The Bertz CT molecular complexity index is 487. The SMILES string of the molecule is COc1cc(C)c(C(=O)NC(CN)CC(C)C)cc1OC. The molecule has 118 valence electrons. The van der Waals surface area contributed by atoms with Crippen molar-refractivity contribution >= 4 is 5.91 Å². The van der Waals surface area contributed by atoms with Gasteiger partial charge in [0.1, 0.15) is 0 Å². The Labute approximate surface area is 126 Å². The highest BCUT2D eigenvalue weighted by Gasteiger charge is 2.18. The average molecular weight is 294 g/mol. The minimum absolute atomic E-state index is 0.0232. The van der Waals surface area contributed by atoms with Crippen LogP contribution in [0.25, 0.3) is 0 Å². The lowest BCUT2D eigenvalue weighted by atomic mass is 10.0. The van der Waals surface area contributed by atoms with Gasteiger partial charge in [-0.2, -0.15) is 0 Å². The summed E-state index contributed by atoms with van der Waals surface area (Å²) in [6.07, 6.45) is 0.856. The quantitative estimate of drug-likeness (QED) is 0.808. The summed E-state index contributed by atoms with van der Waals surface area (Å²) in [5.74, 6) is 1.50. The molecular weight excluding hydrogens is 268 g/mol. The van der Waals surface area contributed by atoms with Crippen molar-refractivity contribution in [2.75, 3.05) is 20.8 Å². The Morgan fingerprint density at radius 2 is 1.81 bits per heavy atom. The summed E-state index contributed by atoms with van der Waals surface area (Å²) < 4.78 is 10.5. The minimum atomic E-state index is -0.135. The van der Waals surface area contributed by atoms with E-state index in [-0.39, 0.29) is 11.9 Å². The molecule has 0 radical (unpaired) electrons. The molecule has 0 aliphatic heterocycles. The summed E-state index contributed by atoms with van der Waals surface area (Å²) in [6.45, 7) is 6.51. The van der Waals surface area contributed by atoms with Gasteiger partial charge in [-0.05, 0) is 37.0 Å². The number of carbonyl (C=O) groups excluding carboxylic acids is 1. The molecule has 0 saturated heterocycles. The summed E-state index contributed by atoms with van der Waals surface area (Å²) in [6, 6.07) is 3.48. The minimum Gasteiger partial charge on any atom is -0.493 e. The highest BCUT2D eigenvalue weighted by atomic mass is 16.5. The van der Waals surface area contributed by atoms with Gasteiger partial charge in [-0.25, -0.2) is 0 Å². The maximum absolute atomic E-state index is 12.4. The van der Waals surface area contributed by atoms with Gasteiger partial charge >= 0.3 is 0 Å². The zero-order valence-electron chi connectivity index (χ0n) is 13.5. The van der Waals surface area contributed by atoms with Crippen molar-refractivity contribution in [3.63, 3.8) is 0 Å². The molecule has 3 N–H and O–H groups in total. The van der Waals surface area contributed by atoms with E-state index in [1.54, 1.807) is 26.4 Å². The molecular formula is C16H26N2O3. The molecule has 0 aliphatic rings. The number of hydrogen-bond donors (Lipinski definition) is 2. The van der Waals surface area contributed by atoms with Gasteiger partial charge in [0.25, 0.3) is 5.91 Å². The lowest BCUT2D eigenvalue weighted by Crippen LogP contribution is -2.41. The summed E-state index contributed by atoms with van der Waals surface area (Å²) in [5.41, 5.74) is 7.14. The fourth-order valence-electron chi connectivity index (χ4n) is 2.27. The summed E-state index contributed by atoms with van der Waals surface area (Å²) in [4.78, 5) is 12.4. The second kappa shape index (κ2) is 7.88. The van der Waals surface area contributed by atoms with Crippen LogP contribution >= 0.6 is 0 Å². The number of ether oxygens (including phenoxy) is 2. The third-order valence-electron chi connectivity index (χ3n) is 3.35. The highest BCUT2D eigenvalue weighted by molar-refractivity contribution is 5.96. The number of hydrogen-bond acceptors (Lipinski definition) is 4. The molecule has 0 bridgehead atoms. The molecule has 5 nitrogen and oxygen atoms in total. The Kier molecular flexibility index (Phi) is 6.49. The maximum atomic E-state index is 12.4. The first-order chi connectivity index (χ1) is 9.92. The average Bonchev–Trinajstić information content (AvgIpc) is 2.45. The van der Waals surface area contributed by atoms with Crippen LogP contribution in [0, 0.1) is 12.8 Å². The van der Waals surface area contributed by atoms with Crippen LogP contribution < -0.4 is 20.5 Å². The molecule has 0 heterocycles. The molecule has 1 rings (SSSR count). The number of amides is 1. The fourth-order valence-corrected chi connectivity index (χ4v) is 2.27. The first-order valence-electron chi connectivity index (χ1n) is 7.16. The Morgan fingerprint density at radius 1 is 1.24 bits per heavy atom. The second-order valence-electron chi connectivity index (χ2n) is 5.56. The topological polar surface area (TPSA) is 73.6 Å². The third-order valence-corrected chi connectivity index (χ3v) is 3.35. The number of benzene rings is 1. The molecule has 1 unspecified atom stereocenters. The van der Waals surface area contributed by atoms with Crippen molar-refractivity contribution in [2.45, 2.75) is 33.2 Å². The molecule has 5 heteroatoms. The lowest BCUT2D eigenvalue weighted by Gasteiger charge is -2.20. The first kappa shape index (κ1) is 17.3. The van der Waals surface area contributed by atoms with Crippen molar-refractivity contribution in [3.05, 3.63) is 23.3 Å². The van der Waals surface area contributed by atoms with Crippen molar-refractivity contribution in [1.82, 2.24) is 5.32 Å². The summed E-state index contributed by atoms with van der Waals surface area (Å²) in [7, 11) is 3.13. The van der Waals surface area contributed by atoms with E-state index < -0.39 is 0 Å². The van der Waals surface area contributed by atoms with E-state index in [1.807, 2.05) is 6.92 Å². The van der Waals surface area contributed by atoms with Gasteiger partial charge in [-0.3, -0.25) is 4.79 Å². The van der Waals surface area contributed by atoms with E-state index >= 15 is 0 Å². The standard InChI is InChI=1S/C16H26N2O3/c1-10(2)6-12(9-17)18-16(19)13-8-15(21-5)14(20-4)7-11(13)3/h7-8,10,12H,6,9,17H2,1-5H3,(H,18,19). The predicted molar refractivity (Wildman–Crippen MR) is 84.0 cm³/mol. The zero-order chi connectivity index (χ0) is 16.0. The number of rotatable bonds is 7. The van der Waals surface area contributed by atoms with Crippen molar-refractivity contribution in [2.24, 2.45) is 11.7 Å². The Morgan fingerprint density at radius 3 is 2.29 bits per heavy atom. The van der Waals surface area contributed by atoms with Crippen molar-refractivity contribution < 1.29 is 14.3 Å². The van der Waals surface area contributed by atoms with E-state index in [0.29, 0.717) is 29.5 Å². The molecule has 0 aromatic heterocycles. The van der Waals surface area contributed by atoms with Gasteiger partial charge < -0.3 is 20.5 Å². The third kappa shape index (κ3) is 4.63. The first-order valence-corrected chi connectivity index (χ1v) is 7.16. The van der Waals surface area contributed by atoms with E-state index in [9.17, 15) is 4.79 Å². The van der Waals surface area contributed by atoms with Crippen LogP contribution in [0.15, 0.2) is 12.1 Å². The number of aryl methyl sites for hydroxylation is 1. The Balaban J connectivity index is 2.96. The fraction of sp³-hybridized carbons (Fsp3) is 0.562. The van der Waals surface area contributed by atoms with E-state index in [4.69, 9.17) is 15.2 Å². The largest absolute Gasteiger partial charge is 0.493 e. The van der Waals surface area contributed by atoms with E-state index in [2.05, 4.69) is 19.2 Å². The van der Waals surface area contributed by atoms with Gasteiger partial charge in [0.15, 0.2) is 11.5 Å². The van der Waals surface area contributed by atoms with Gasteiger partial charge in [0.2, 0.25) is 0 Å². The second-order valence-corrected chi connectivity index (χ2v) is 5.56. The molecule has 0 spiro atoms. The Hall–Kier alpha value is -1.75. The van der Waals surface area contributed by atoms with Crippen molar-refractivity contribution in [3.8, 4) is 11.5 Å². The van der Waals surface area contributed by atoms with Gasteiger partial charge in [0, 0.05) is 18.2 Å². The lowest BCUT2D eigenvalue weighted by molar-refractivity contribution is 0.0932. The maximum Gasteiger partial charge on any atom is 0.251 e. The number of carbonyl (C=O) groups is 1. The molecule has 21 heavy (non-hydrogen) atoms. The normalized spacial score (nSPS) is 12.1. The summed E-state index contributed by atoms with van der Waals surface area (Å²) >= 11 is 0. The molecule has 0 saturated carbocycles. The van der Waals surface area contributed by atoms with Crippen LogP contribution in [0.4, 0.5) is 0 Å². The molecule has 1 aromatic carbocycles. The van der Waals surface area contributed by atoms with Crippen LogP contribution in [0.1, 0.15) is 36.2 Å². The summed E-state index contributed by atoms with van der Waals surface area (Å²) in [5, 5.41) is 2.98. The zero-order valence-corrected chi connectivity index (χ0v) is 13.5. The molecule has 1 atom stereocenters. The van der Waals surface area contributed by atoms with Crippen LogP contribution in [-0.4, -0.2) is 32.7 Å². The smallest absolute Gasteiger partial charge is 0.251 e. The molecule has 1 amide bonds.